The van der Waals surface area contributed by atoms with E-state index in [2.05, 4.69) is 21.2 Å². The molecule has 0 heterocycles. The van der Waals surface area contributed by atoms with Crippen molar-refractivity contribution in [3.63, 3.8) is 0 Å². The monoisotopic (exact) mass is 325 g/mol. The van der Waals surface area contributed by atoms with Crippen molar-refractivity contribution in [2.75, 3.05) is 6.61 Å². The molecule has 4 nitrogen and oxygen atoms in total. The molecule has 2 rings (SSSR count). The highest BCUT2D eigenvalue weighted by molar-refractivity contribution is 9.10. The number of hydrogen-bond donors (Lipinski definition) is 1. The fourth-order valence-electron chi connectivity index (χ4n) is 1.84. The van der Waals surface area contributed by atoms with Gasteiger partial charge >= 0.3 is 5.97 Å². The second kappa shape index (κ2) is 6.19. The Kier molecular flexibility index (Phi) is 4.58. The van der Waals surface area contributed by atoms with Crippen LogP contribution < -0.4 is 5.32 Å². The Morgan fingerprint density at radius 2 is 2.21 bits per heavy atom. The molecule has 0 unspecified atom stereocenters. The summed E-state index contributed by atoms with van der Waals surface area (Å²) < 4.78 is 5.77. The van der Waals surface area contributed by atoms with Crippen LogP contribution in [0.3, 0.4) is 0 Å². The van der Waals surface area contributed by atoms with Gasteiger partial charge in [0.2, 0.25) is 0 Å². The smallest absolute Gasteiger partial charge is 0.338 e. The highest BCUT2D eigenvalue weighted by Gasteiger charge is 2.28. The van der Waals surface area contributed by atoms with E-state index >= 15 is 0 Å². The van der Waals surface area contributed by atoms with Crippen LogP contribution in [-0.4, -0.2) is 24.5 Å². The number of rotatable bonds is 5. The van der Waals surface area contributed by atoms with E-state index < -0.39 is 5.97 Å². The van der Waals surface area contributed by atoms with Gasteiger partial charge in [-0.15, -0.1) is 0 Å². The molecule has 1 aromatic rings. The average Bonchev–Trinajstić information content (AvgIpc) is 3.20. The zero-order chi connectivity index (χ0) is 13.8. The Morgan fingerprint density at radius 1 is 1.47 bits per heavy atom. The van der Waals surface area contributed by atoms with Crippen LogP contribution in [-0.2, 0) is 9.53 Å². The van der Waals surface area contributed by atoms with Crippen LogP contribution in [0.1, 0.15) is 30.1 Å². The first-order valence-electron chi connectivity index (χ1n) is 6.28. The van der Waals surface area contributed by atoms with Gasteiger partial charge in [-0.05, 0) is 43.9 Å². The molecule has 1 N–H and O–H groups in total. The minimum atomic E-state index is -0.490. The molecule has 0 aliphatic heterocycles. The lowest BCUT2D eigenvalue weighted by molar-refractivity contribution is -0.124. The number of nitrogens with one attached hydrogen (secondary N) is 1. The van der Waals surface area contributed by atoms with Crippen molar-refractivity contribution in [3.8, 4) is 0 Å². The van der Waals surface area contributed by atoms with E-state index in [0.29, 0.717) is 11.5 Å². The second-order valence-corrected chi connectivity index (χ2v) is 5.70. The van der Waals surface area contributed by atoms with Crippen molar-refractivity contribution < 1.29 is 14.3 Å². The lowest BCUT2D eigenvalue weighted by Gasteiger charge is -2.12. The van der Waals surface area contributed by atoms with Crippen molar-refractivity contribution in [2.45, 2.75) is 25.8 Å². The number of hydrogen-bond acceptors (Lipinski definition) is 3. The molecule has 1 atom stereocenters. The quantitative estimate of drug-likeness (QED) is 0.846. The van der Waals surface area contributed by atoms with Crippen LogP contribution in [0.15, 0.2) is 28.7 Å². The van der Waals surface area contributed by atoms with Crippen LogP contribution in [0, 0.1) is 5.92 Å². The van der Waals surface area contributed by atoms with Crippen molar-refractivity contribution in [1.29, 1.82) is 0 Å². The molecular formula is C14H16BrNO3. The minimum absolute atomic E-state index is 0.164. The summed E-state index contributed by atoms with van der Waals surface area (Å²) in [4.78, 5) is 23.3. The molecule has 1 aliphatic rings. The molecule has 5 heteroatoms. The molecule has 1 aliphatic carbocycles. The average molecular weight is 326 g/mol. The maximum Gasteiger partial charge on any atom is 0.338 e. The third-order valence-corrected chi connectivity index (χ3v) is 3.61. The zero-order valence-corrected chi connectivity index (χ0v) is 12.3. The maximum atomic E-state index is 11.7. The van der Waals surface area contributed by atoms with E-state index in [-0.39, 0.29) is 18.6 Å². The third-order valence-electron chi connectivity index (χ3n) is 3.11. The Hall–Kier alpha value is -1.36. The Bertz CT molecular complexity index is 485. The molecule has 0 spiro atoms. The molecule has 0 aromatic heterocycles. The number of carbonyl (C=O) groups is 2. The Labute approximate surface area is 120 Å². The lowest BCUT2D eigenvalue weighted by atomic mass is 10.2. The molecule has 102 valence electrons. The number of amides is 1. The summed E-state index contributed by atoms with van der Waals surface area (Å²) in [5.41, 5.74) is 0.428. The van der Waals surface area contributed by atoms with Gasteiger partial charge in [-0.2, -0.15) is 0 Å². The first-order chi connectivity index (χ1) is 9.06. The Morgan fingerprint density at radius 3 is 2.84 bits per heavy atom. The largest absolute Gasteiger partial charge is 0.452 e. The highest BCUT2D eigenvalue weighted by atomic mass is 79.9. The highest BCUT2D eigenvalue weighted by Crippen LogP contribution is 2.32. The first kappa shape index (κ1) is 14.1. The number of halogens is 1. The van der Waals surface area contributed by atoms with Crippen molar-refractivity contribution in [3.05, 3.63) is 34.3 Å². The summed E-state index contributed by atoms with van der Waals surface area (Å²) in [6, 6.07) is 7.04. The third kappa shape index (κ3) is 4.35. The predicted molar refractivity (Wildman–Crippen MR) is 74.8 cm³/mol. The molecule has 1 aromatic carbocycles. The van der Waals surface area contributed by atoms with Gasteiger partial charge < -0.3 is 10.1 Å². The maximum absolute atomic E-state index is 11.7. The SMILES string of the molecule is C[C@@H](NC(=O)COC(=O)c1cccc(Br)c1)C1CC1. The van der Waals surface area contributed by atoms with Crippen LogP contribution >= 0.6 is 15.9 Å². The summed E-state index contributed by atoms with van der Waals surface area (Å²) in [5, 5.41) is 2.83. The van der Waals surface area contributed by atoms with Gasteiger partial charge in [-0.3, -0.25) is 4.79 Å². The molecule has 0 saturated heterocycles. The van der Waals surface area contributed by atoms with E-state index in [1.165, 1.54) is 12.8 Å². The Balaban J connectivity index is 1.78. The molecule has 1 fully saturated rings. The van der Waals surface area contributed by atoms with Gasteiger partial charge in [0.15, 0.2) is 6.61 Å². The van der Waals surface area contributed by atoms with E-state index in [0.717, 1.165) is 4.47 Å². The second-order valence-electron chi connectivity index (χ2n) is 4.78. The summed E-state index contributed by atoms with van der Waals surface area (Å²) in [6.45, 7) is 1.74. The van der Waals surface area contributed by atoms with Gasteiger partial charge in [0.1, 0.15) is 0 Å². The van der Waals surface area contributed by atoms with Gasteiger partial charge in [0.05, 0.1) is 5.56 Å². The predicted octanol–water partition coefficient (Wildman–Crippen LogP) is 2.52. The van der Waals surface area contributed by atoms with Crippen LogP contribution in [0.2, 0.25) is 0 Å². The van der Waals surface area contributed by atoms with Crippen molar-refractivity contribution in [1.82, 2.24) is 5.32 Å². The van der Waals surface area contributed by atoms with Gasteiger partial charge in [-0.25, -0.2) is 4.79 Å². The molecule has 1 saturated carbocycles. The number of esters is 1. The number of benzene rings is 1. The summed E-state index contributed by atoms with van der Waals surface area (Å²) >= 11 is 3.28. The van der Waals surface area contributed by atoms with Crippen LogP contribution in [0.4, 0.5) is 0 Å². The number of carbonyl (C=O) groups excluding carboxylic acids is 2. The summed E-state index contributed by atoms with van der Waals surface area (Å²) in [6.07, 6.45) is 2.33. The van der Waals surface area contributed by atoms with Crippen molar-refractivity contribution in [2.24, 2.45) is 5.92 Å². The van der Waals surface area contributed by atoms with E-state index in [1.807, 2.05) is 13.0 Å². The molecule has 0 radical (unpaired) electrons. The van der Waals surface area contributed by atoms with Crippen LogP contribution in [0.5, 0.6) is 0 Å². The first-order valence-corrected chi connectivity index (χ1v) is 7.07. The standard InChI is InChI=1S/C14H16BrNO3/c1-9(10-5-6-10)16-13(17)8-19-14(18)11-3-2-4-12(15)7-11/h2-4,7,9-10H,5-6,8H2,1H3,(H,16,17)/t9-/m1/s1. The normalized spacial score (nSPS) is 15.7. The topological polar surface area (TPSA) is 55.4 Å². The van der Waals surface area contributed by atoms with Crippen molar-refractivity contribution >= 4 is 27.8 Å². The van der Waals surface area contributed by atoms with E-state index in [4.69, 9.17) is 4.74 Å². The lowest BCUT2D eigenvalue weighted by Crippen LogP contribution is -2.37. The van der Waals surface area contributed by atoms with E-state index in [9.17, 15) is 9.59 Å². The van der Waals surface area contributed by atoms with Crippen LogP contribution in [0.25, 0.3) is 0 Å². The molecule has 1 amide bonds. The van der Waals surface area contributed by atoms with Gasteiger partial charge in [0, 0.05) is 10.5 Å². The molecule has 0 bridgehead atoms. The fraction of sp³-hybridized carbons (Fsp3) is 0.429. The molecule has 19 heavy (non-hydrogen) atoms. The minimum Gasteiger partial charge on any atom is -0.452 e. The number of ether oxygens (including phenoxy) is 1. The summed E-state index contributed by atoms with van der Waals surface area (Å²) in [5.74, 6) is -0.150. The van der Waals surface area contributed by atoms with Gasteiger partial charge in [0.25, 0.3) is 5.91 Å². The van der Waals surface area contributed by atoms with E-state index in [1.54, 1.807) is 18.2 Å². The molecular weight excluding hydrogens is 310 g/mol. The fourth-order valence-corrected chi connectivity index (χ4v) is 2.24. The summed E-state index contributed by atoms with van der Waals surface area (Å²) in [7, 11) is 0. The van der Waals surface area contributed by atoms with Gasteiger partial charge in [-0.1, -0.05) is 22.0 Å². The zero-order valence-electron chi connectivity index (χ0n) is 10.7.